The molecule has 0 spiro atoms. The smallest absolute Gasteiger partial charge is 0.262 e. The number of nitrogens with two attached hydrogens (primary N) is 1. The number of anilines is 2. The Morgan fingerprint density at radius 2 is 1.45 bits per heavy atom. The second kappa shape index (κ2) is 9.31. The van der Waals surface area contributed by atoms with E-state index < -0.39 is 21.8 Å². The van der Waals surface area contributed by atoms with Crippen LogP contribution in [0.3, 0.4) is 0 Å². The van der Waals surface area contributed by atoms with Crippen molar-refractivity contribution in [2.75, 3.05) is 16.6 Å². The van der Waals surface area contributed by atoms with Crippen LogP contribution in [0.1, 0.15) is 15.9 Å². The maximum Gasteiger partial charge on any atom is 0.262 e. The summed E-state index contributed by atoms with van der Waals surface area (Å²) >= 11 is 0. The number of ether oxygens (including phenoxy) is 1. The lowest BCUT2D eigenvalue weighted by molar-refractivity contribution is -0.118. The Hall–Kier alpha value is -3.85. The highest BCUT2D eigenvalue weighted by Gasteiger charge is 2.14. The summed E-state index contributed by atoms with van der Waals surface area (Å²) in [6.45, 7) is 1.64. The highest BCUT2D eigenvalue weighted by atomic mass is 32.2. The van der Waals surface area contributed by atoms with E-state index in [-0.39, 0.29) is 11.5 Å². The molecule has 0 aromatic heterocycles. The van der Waals surface area contributed by atoms with Gasteiger partial charge in [0.05, 0.1) is 4.90 Å². The fraction of sp³-hybridized carbons (Fsp3) is 0.0909. The van der Waals surface area contributed by atoms with Gasteiger partial charge in [-0.3, -0.25) is 14.3 Å². The summed E-state index contributed by atoms with van der Waals surface area (Å²) in [6.07, 6.45) is 0. The third-order valence-electron chi connectivity index (χ3n) is 4.26. The van der Waals surface area contributed by atoms with Gasteiger partial charge in [0.15, 0.2) is 6.61 Å². The number of rotatable bonds is 8. The number of sulfonamides is 1. The zero-order valence-corrected chi connectivity index (χ0v) is 17.5. The number of carbonyl (C=O) groups is 2. The Labute approximate surface area is 180 Å². The first-order valence-corrected chi connectivity index (χ1v) is 10.7. The van der Waals surface area contributed by atoms with Crippen LogP contribution in [0.2, 0.25) is 0 Å². The molecule has 8 nitrogen and oxygen atoms in total. The van der Waals surface area contributed by atoms with E-state index in [1.807, 2.05) is 19.1 Å². The number of benzene rings is 3. The monoisotopic (exact) mass is 439 g/mol. The fourth-order valence-corrected chi connectivity index (χ4v) is 3.67. The molecule has 0 radical (unpaired) electrons. The molecular weight excluding hydrogens is 418 g/mol. The molecular formula is C22H21N3O5S. The van der Waals surface area contributed by atoms with Crippen LogP contribution in [-0.2, 0) is 14.8 Å². The van der Waals surface area contributed by atoms with E-state index in [9.17, 15) is 18.0 Å². The average molecular weight is 439 g/mol. The minimum Gasteiger partial charge on any atom is -0.484 e. The lowest BCUT2D eigenvalue weighted by Crippen LogP contribution is -2.20. The minimum atomic E-state index is -3.74. The van der Waals surface area contributed by atoms with Crippen molar-refractivity contribution in [1.29, 1.82) is 0 Å². The van der Waals surface area contributed by atoms with Crippen LogP contribution in [0.5, 0.6) is 5.75 Å². The molecule has 0 heterocycles. The third kappa shape index (κ3) is 6.06. The SMILES string of the molecule is Cc1ccc(NS(=O)(=O)c2ccc(OCC(=O)Nc3ccc(C(N)=O)cc3)cc2)cc1. The van der Waals surface area contributed by atoms with Crippen molar-refractivity contribution < 1.29 is 22.7 Å². The molecule has 4 N–H and O–H groups in total. The van der Waals surface area contributed by atoms with Gasteiger partial charge in [0, 0.05) is 16.9 Å². The molecule has 0 aliphatic carbocycles. The van der Waals surface area contributed by atoms with Gasteiger partial charge in [0.1, 0.15) is 5.75 Å². The molecule has 160 valence electrons. The first-order valence-electron chi connectivity index (χ1n) is 9.25. The van der Waals surface area contributed by atoms with Gasteiger partial charge in [-0.05, 0) is 67.6 Å². The Kier molecular flexibility index (Phi) is 6.56. The van der Waals surface area contributed by atoms with E-state index in [1.165, 1.54) is 36.4 Å². The first-order chi connectivity index (χ1) is 14.7. The maximum atomic E-state index is 12.5. The van der Waals surface area contributed by atoms with Gasteiger partial charge in [0.2, 0.25) is 5.91 Å². The molecule has 0 bridgehead atoms. The molecule has 9 heteroatoms. The van der Waals surface area contributed by atoms with E-state index in [4.69, 9.17) is 10.5 Å². The van der Waals surface area contributed by atoms with Crippen molar-refractivity contribution in [2.45, 2.75) is 11.8 Å². The Balaban J connectivity index is 1.55. The zero-order chi connectivity index (χ0) is 22.4. The van der Waals surface area contributed by atoms with Crippen LogP contribution >= 0.6 is 0 Å². The summed E-state index contributed by atoms with van der Waals surface area (Å²) in [6, 6.07) is 18.8. The first kappa shape index (κ1) is 21.8. The van der Waals surface area contributed by atoms with Crippen molar-refractivity contribution >= 4 is 33.2 Å². The highest BCUT2D eigenvalue weighted by Crippen LogP contribution is 2.20. The Morgan fingerprint density at radius 3 is 2.03 bits per heavy atom. The summed E-state index contributed by atoms with van der Waals surface area (Å²) in [4.78, 5) is 23.1. The van der Waals surface area contributed by atoms with Crippen LogP contribution in [0.4, 0.5) is 11.4 Å². The van der Waals surface area contributed by atoms with Gasteiger partial charge >= 0.3 is 0 Å². The highest BCUT2D eigenvalue weighted by molar-refractivity contribution is 7.92. The van der Waals surface area contributed by atoms with Crippen LogP contribution in [-0.4, -0.2) is 26.8 Å². The summed E-state index contributed by atoms with van der Waals surface area (Å²) in [5.74, 6) is -0.626. The van der Waals surface area contributed by atoms with Crippen molar-refractivity contribution in [3.8, 4) is 5.75 Å². The van der Waals surface area contributed by atoms with Crippen LogP contribution in [0.15, 0.2) is 77.7 Å². The predicted molar refractivity (Wildman–Crippen MR) is 118 cm³/mol. The van der Waals surface area contributed by atoms with Crippen molar-refractivity contribution in [3.05, 3.63) is 83.9 Å². The normalized spacial score (nSPS) is 10.9. The Bertz CT molecular complexity index is 1170. The van der Waals surface area contributed by atoms with E-state index in [1.54, 1.807) is 24.3 Å². The molecule has 0 aliphatic rings. The van der Waals surface area contributed by atoms with Crippen molar-refractivity contribution in [3.63, 3.8) is 0 Å². The Morgan fingerprint density at radius 1 is 0.871 bits per heavy atom. The van der Waals surface area contributed by atoms with Gasteiger partial charge in [-0.1, -0.05) is 17.7 Å². The average Bonchev–Trinajstić information content (AvgIpc) is 2.74. The molecule has 0 aliphatic heterocycles. The number of hydrogen-bond acceptors (Lipinski definition) is 5. The minimum absolute atomic E-state index is 0.0689. The van der Waals surface area contributed by atoms with Gasteiger partial charge in [0.25, 0.3) is 15.9 Å². The number of aryl methyl sites for hydroxylation is 1. The van der Waals surface area contributed by atoms with Crippen LogP contribution in [0.25, 0.3) is 0 Å². The number of hydrogen-bond donors (Lipinski definition) is 3. The lowest BCUT2D eigenvalue weighted by atomic mass is 10.2. The van der Waals surface area contributed by atoms with E-state index in [0.29, 0.717) is 22.7 Å². The molecule has 0 saturated carbocycles. The lowest BCUT2D eigenvalue weighted by Gasteiger charge is -2.10. The largest absolute Gasteiger partial charge is 0.484 e. The standard InChI is InChI=1S/C22H21N3O5S/c1-15-2-6-18(7-3-15)25-31(28,29)20-12-10-19(11-13-20)30-14-21(26)24-17-8-4-16(5-9-17)22(23)27/h2-13,25H,14H2,1H3,(H2,23,27)(H,24,26). The van der Waals surface area contributed by atoms with Gasteiger partial charge < -0.3 is 15.8 Å². The maximum absolute atomic E-state index is 12.5. The van der Waals surface area contributed by atoms with Crippen molar-refractivity contribution in [2.24, 2.45) is 5.73 Å². The summed E-state index contributed by atoms with van der Waals surface area (Å²) < 4.78 is 32.9. The molecule has 0 fully saturated rings. The van der Waals surface area contributed by atoms with E-state index in [0.717, 1.165) is 5.56 Å². The van der Waals surface area contributed by atoms with Crippen molar-refractivity contribution in [1.82, 2.24) is 0 Å². The number of amides is 2. The quantitative estimate of drug-likeness (QED) is 0.497. The summed E-state index contributed by atoms with van der Waals surface area (Å²) in [5, 5.41) is 2.62. The number of nitrogens with one attached hydrogen (secondary N) is 2. The molecule has 31 heavy (non-hydrogen) atoms. The summed E-state index contributed by atoms with van der Waals surface area (Å²) in [5.41, 5.74) is 7.48. The molecule has 0 atom stereocenters. The molecule has 3 rings (SSSR count). The molecule has 0 saturated heterocycles. The van der Waals surface area contributed by atoms with E-state index in [2.05, 4.69) is 10.0 Å². The zero-order valence-electron chi connectivity index (χ0n) is 16.7. The third-order valence-corrected chi connectivity index (χ3v) is 5.66. The summed E-state index contributed by atoms with van der Waals surface area (Å²) in [7, 11) is -3.74. The van der Waals surface area contributed by atoms with E-state index >= 15 is 0 Å². The van der Waals surface area contributed by atoms with Gasteiger partial charge in [-0.2, -0.15) is 0 Å². The molecule has 2 amide bonds. The van der Waals surface area contributed by atoms with Gasteiger partial charge in [-0.15, -0.1) is 0 Å². The second-order valence-electron chi connectivity index (χ2n) is 6.72. The fourth-order valence-electron chi connectivity index (χ4n) is 2.61. The molecule has 3 aromatic carbocycles. The molecule has 0 unspecified atom stereocenters. The topological polar surface area (TPSA) is 128 Å². The second-order valence-corrected chi connectivity index (χ2v) is 8.40. The van der Waals surface area contributed by atoms with Crippen LogP contribution < -0.4 is 20.5 Å². The van der Waals surface area contributed by atoms with Crippen LogP contribution in [0, 0.1) is 6.92 Å². The molecule has 3 aromatic rings. The number of carbonyl (C=O) groups excluding carboxylic acids is 2. The predicted octanol–water partition coefficient (Wildman–Crippen LogP) is 2.91. The number of primary amides is 1. The van der Waals surface area contributed by atoms with Gasteiger partial charge in [-0.25, -0.2) is 8.42 Å².